The number of hydrogen-bond acceptors (Lipinski definition) is 3. The van der Waals surface area contributed by atoms with Crippen molar-refractivity contribution in [1.29, 1.82) is 0 Å². The Morgan fingerprint density at radius 1 is 1.38 bits per heavy atom. The minimum Gasteiger partial charge on any atom is -0.330 e. The first kappa shape index (κ1) is 15.9. The van der Waals surface area contributed by atoms with Crippen molar-refractivity contribution in [2.24, 2.45) is 11.7 Å². The molecule has 6 heteroatoms. The maximum atomic E-state index is 13.1. The van der Waals surface area contributed by atoms with Gasteiger partial charge in [-0.3, -0.25) is 9.69 Å². The van der Waals surface area contributed by atoms with E-state index in [4.69, 9.17) is 5.73 Å². The molecule has 0 radical (unpaired) electrons. The Kier molecular flexibility index (Phi) is 5.25. The molecule has 1 fully saturated rings. The smallest absolute Gasteiger partial charge is 0.238 e. The number of carbonyl (C=O) groups excluding carboxylic acids is 1. The van der Waals surface area contributed by atoms with Crippen LogP contribution in [0.25, 0.3) is 0 Å². The van der Waals surface area contributed by atoms with Crippen molar-refractivity contribution in [2.75, 3.05) is 25.5 Å². The summed E-state index contributed by atoms with van der Waals surface area (Å²) in [6, 6.07) is 3.63. The minimum atomic E-state index is -0.972. The summed E-state index contributed by atoms with van der Waals surface area (Å²) in [5.74, 6) is -1.72. The van der Waals surface area contributed by atoms with E-state index in [-0.39, 0.29) is 18.1 Å². The molecule has 2 unspecified atom stereocenters. The third-order valence-electron chi connectivity index (χ3n) is 4.08. The van der Waals surface area contributed by atoms with Crippen LogP contribution in [0.5, 0.6) is 0 Å². The summed E-state index contributed by atoms with van der Waals surface area (Å²) < 4.78 is 25.9. The number of likely N-dealkylation sites (N-methyl/N-ethyl adjacent to an activating group) is 1. The maximum Gasteiger partial charge on any atom is 0.238 e. The highest BCUT2D eigenvalue weighted by Crippen LogP contribution is 2.28. The molecule has 0 saturated heterocycles. The summed E-state index contributed by atoms with van der Waals surface area (Å²) in [6.07, 6.45) is 3.26. The van der Waals surface area contributed by atoms with Crippen molar-refractivity contribution < 1.29 is 13.6 Å². The number of nitrogens with one attached hydrogen (secondary N) is 1. The van der Waals surface area contributed by atoms with Gasteiger partial charge in [0, 0.05) is 17.8 Å². The predicted molar refractivity (Wildman–Crippen MR) is 77.8 cm³/mol. The predicted octanol–water partition coefficient (Wildman–Crippen LogP) is 1.96. The van der Waals surface area contributed by atoms with E-state index >= 15 is 0 Å². The monoisotopic (exact) mass is 297 g/mol. The van der Waals surface area contributed by atoms with Gasteiger partial charge < -0.3 is 11.1 Å². The van der Waals surface area contributed by atoms with Crippen LogP contribution in [0.4, 0.5) is 14.5 Å². The fraction of sp³-hybridized carbons (Fsp3) is 0.533. The van der Waals surface area contributed by atoms with Gasteiger partial charge in [0.2, 0.25) is 5.91 Å². The summed E-state index contributed by atoms with van der Waals surface area (Å²) >= 11 is 0. The van der Waals surface area contributed by atoms with Crippen LogP contribution in [0.15, 0.2) is 18.2 Å². The van der Waals surface area contributed by atoms with Crippen molar-refractivity contribution >= 4 is 11.6 Å². The summed E-state index contributed by atoms with van der Waals surface area (Å²) in [6.45, 7) is 0.833. The molecule has 0 heterocycles. The number of benzene rings is 1. The summed E-state index contributed by atoms with van der Waals surface area (Å²) in [4.78, 5) is 14.0. The van der Waals surface area contributed by atoms with E-state index < -0.39 is 11.6 Å². The second kappa shape index (κ2) is 6.95. The lowest BCUT2D eigenvalue weighted by Gasteiger charge is -2.28. The molecule has 2 atom stereocenters. The molecular weight excluding hydrogens is 276 g/mol. The van der Waals surface area contributed by atoms with Gasteiger partial charge in [-0.2, -0.15) is 0 Å². The molecular formula is C15H21F2N3O. The molecule has 0 bridgehead atoms. The first-order valence-corrected chi connectivity index (χ1v) is 7.16. The Balaban J connectivity index is 1.90. The zero-order valence-electron chi connectivity index (χ0n) is 12.1. The molecule has 0 aliphatic heterocycles. The third-order valence-corrected chi connectivity index (χ3v) is 4.08. The second-order valence-corrected chi connectivity index (χ2v) is 5.59. The van der Waals surface area contributed by atoms with Crippen LogP contribution in [0.1, 0.15) is 19.3 Å². The number of halogens is 2. The normalized spacial score (nSPS) is 21.8. The van der Waals surface area contributed by atoms with Gasteiger partial charge >= 0.3 is 0 Å². The van der Waals surface area contributed by atoms with Crippen molar-refractivity contribution in [1.82, 2.24) is 4.90 Å². The molecule has 0 spiro atoms. The number of amides is 1. The number of rotatable bonds is 5. The Labute approximate surface area is 123 Å². The first-order valence-electron chi connectivity index (χ1n) is 7.16. The lowest BCUT2D eigenvalue weighted by Crippen LogP contribution is -2.41. The van der Waals surface area contributed by atoms with Crippen molar-refractivity contribution in [3.8, 4) is 0 Å². The van der Waals surface area contributed by atoms with Crippen LogP contribution >= 0.6 is 0 Å². The number of nitrogens with zero attached hydrogens (tertiary/aromatic N) is 1. The van der Waals surface area contributed by atoms with Gasteiger partial charge in [-0.25, -0.2) is 8.78 Å². The SMILES string of the molecule is CN(CC(=O)Nc1ccc(F)c(F)c1)C1CCCC1CN. The highest BCUT2D eigenvalue weighted by molar-refractivity contribution is 5.92. The molecule has 1 aliphatic rings. The zero-order valence-corrected chi connectivity index (χ0v) is 12.1. The average Bonchev–Trinajstić information content (AvgIpc) is 2.91. The Hall–Kier alpha value is -1.53. The van der Waals surface area contributed by atoms with Gasteiger partial charge in [0.25, 0.3) is 0 Å². The van der Waals surface area contributed by atoms with Gasteiger partial charge in [-0.05, 0) is 44.5 Å². The van der Waals surface area contributed by atoms with Gasteiger partial charge in [0.05, 0.1) is 6.54 Å². The van der Waals surface area contributed by atoms with Crippen LogP contribution < -0.4 is 11.1 Å². The molecule has 1 aliphatic carbocycles. The maximum absolute atomic E-state index is 13.1. The minimum absolute atomic E-state index is 0.208. The number of hydrogen-bond donors (Lipinski definition) is 2. The van der Waals surface area contributed by atoms with E-state index in [1.807, 2.05) is 11.9 Å². The van der Waals surface area contributed by atoms with Gasteiger partial charge in [0.1, 0.15) is 0 Å². The van der Waals surface area contributed by atoms with Crippen LogP contribution in [0.2, 0.25) is 0 Å². The summed E-state index contributed by atoms with van der Waals surface area (Å²) in [5.41, 5.74) is 6.00. The topological polar surface area (TPSA) is 58.4 Å². The lowest BCUT2D eigenvalue weighted by atomic mass is 10.0. The molecule has 21 heavy (non-hydrogen) atoms. The van der Waals surface area contributed by atoms with E-state index in [9.17, 15) is 13.6 Å². The number of anilines is 1. The standard InChI is InChI=1S/C15H21F2N3O/c1-20(14-4-2-3-10(14)8-18)9-15(21)19-11-5-6-12(16)13(17)7-11/h5-7,10,14H,2-4,8-9,18H2,1H3,(H,19,21). The third kappa shape index (κ3) is 3.98. The number of carbonyl (C=O) groups is 1. The second-order valence-electron chi connectivity index (χ2n) is 5.59. The highest BCUT2D eigenvalue weighted by atomic mass is 19.2. The van der Waals surface area contributed by atoms with E-state index in [1.165, 1.54) is 6.07 Å². The Morgan fingerprint density at radius 3 is 2.81 bits per heavy atom. The lowest BCUT2D eigenvalue weighted by molar-refractivity contribution is -0.117. The molecule has 1 amide bonds. The quantitative estimate of drug-likeness (QED) is 0.873. The van der Waals surface area contributed by atoms with E-state index in [1.54, 1.807) is 0 Å². The van der Waals surface area contributed by atoms with E-state index in [0.29, 0.717) is 18.5 Å². The average molecular weight is 297 g/mol. The van der Waals surface area contributed by atoms with E-state index in [0.717, 1.165) is 31.4 Å². The first-order chi connectivity index (χ1) is 10.0. The molecule has 0 aromatic heterocycles. The molecule has 1 saturated carbocycles. The fourth-order valence-corrected chi connectivity index (χ4v) is 2.99. The van der Waals surface area contributed by atoms with E-state index in [2.05, 4.69) is 5.32 Å². The zero-order chi connectivity index (χ0) is 15.4. The summed E-state index contributed by atoms with van der Waals surface area (Å²) in [7, 11) is 1.89. The van der Waals surface area contributed by atoms with Crippen LogP contribution in [-0.2, 0) is 4.79 Å². The van der Waals surface area contributed by atoms with Crippen LogP contribution in [-0.4, -0.2) is 37.0 Å². The molecule has 116 valence electrons. The van der Waals surface area contributed by atoms with Crippen molar-refractivity contribution in [3.63, 3.8) is 0 Å². The molecule has 2 rings (SSSR count). The summed E-state index contributed by atoms with van der Waals surface area (Å²) in [5, 5.41) is 2.58. The Bertz CT molecular complexity index is 510. The fourth-order valence-electron chi connectivity index (χ4n) is 2.99. The van der Waals surface area contributed by atoms with Gasteiger partial charge in [0.15, 0.2) is 11.6 Å². The van der Waals surface area contributed by atoms with Crippen molar-refractivity contribution in [2.45, 2.75) is 25.3 Å². The Morgan fingerprint density at radius 2 is 2.14 bits per heavy atom. The number of nitrogens with two attached hydrogens (primary N) is 1. The molecule has 4 nitrogen and oxygen atoms in total. The van der Waals surface area contributed by atoms with Crippen LogP contribution in [0.3, 0.4) is 0 Å². The van der Waals surface area contributed by atoms with Crippen molar-refractivity contribution in [3.05, 3.63) is 29.8 Å². The molecule has 3 N–H and O–H groups in total. The van der Waals surface area contributed by atoms with Gasteiger partial charge in [-0.1, -0.05) is 6.42 Å². The van der Waals surface area contributed by atoms with Gasteiger partial charge in [-0.15, -0.1) is 0 Å². The molecule has 1 aromatic rings. The highest BCUT2D eigenvalue weighted by Gasteiger charge is 2.30. The van der Waals surface area contributed by atoms with Crippen LogP contribution in [0, 0.1) is 17.6 Å². The largest absolute Gasteiger partial charge is 0.330 e. The molecule has 1 aromatic carbocycles.